The van der Waals surface area contributed by atoms with Crippen LogP contribution in [0.3, 0.4) is 0 Å². The van der Waals surface area contributed by atoms with Gasteiger partial charge in [-0.2, -0.15) is 0 Å². The van der Waals surface area contributed by atoms with E-state index in [-0.39, 0.29) is 18.0 Å². The summed E-state index contributed by atoms with van der Waals surface area (Å²) in [6.45, 7) is 4.60. The minimum absolute atomic E-state index is 0.103. The monoisotopic (exact) mass is 367 g/mol. The first-order chi connectivity index (χ1) is 13.0. The highest BCUT2D eigenvalue weighted by Gasteiger charge is 2.08. The second-order valence-electron chi connectivity index (χ2n) is 6.24. The number of ether oxygens (including phenoxy) is 1. The third-order valence-corrected chi connectivity index (χ3v) is 3.86. The zero-order valence-corrected chi connectivity index (χ0v) is 15.3. The van der Waals surface area contributed by atoms with Crippen molar-refractivity contribution in [1.29, 1.82) is 0 Å². The average Bonchev–Trinajstić information content (AvgIpc) is 3.14. The molecule has 0 aliphatic carbocycles. The third-order valence-electron chi connectivity index (χ3n) is 3.86. The second-order valence-corrected chi connectivity index (χ2v) is 6.24. The van der Waals surface area contributed by atoms with Crippen LogP contribution in [-0.4, -0.2) is 28.6 Å². The Morgan fingerprint density at radius 2 is 2.00 bits per heavy atom. The number of hydrogen-bond donors (Lipinski definition) is 1. The molecule has 0 unspecified atom stereocenters. The van der Waals surface area contributed by atoms with Gasteiger partial charge >= 0.3 is 0 Å². The van der Waals surface area contributed by atoms with Crippen LogP contribution in [0.2, 0.25) is 0 Å². The van der Waals surface area contributed by atoms with E-state index in [1.807, 2.05) is 26.0 Å². The molecule has 0 saturated heterocycles. The standard InChI is InChI=1S/C20H21N3O4/c1-14-8-15(2)10-16(9-14)26-7-5-21-19(24)12-23-13-22-17(11-20(23)25)18-4-3-6-27-18/h3-4,6,8-11,13H,5,7,12H2,1-2H3,(H,21,24). The fraction of sp³-hybridized carbons (Fsp3) is 0.250. The van der Waals surface area contributed by atoms with Crippen molar-refractivity contribution in [2.24, 2.45) is 0 Å². The molecule has 0 radical (unpaired) electrons. The van der Waals surface area contributed by atoms with E-state index < -0.39 is 0 Å². The Kier molecular flexibility index (Phi) is 5.71. The van der Waals surface area contributed by atoms with Crippen LogP contribution < -0.4 is 15.6 Å². The molecule has 0 atom stereocenters. The molecule has 7 nitrogen and oxygen atoms in total. The van der Waals surface area contributed by atoms with Crippen LogP contribution in [0, 0.1) is 13.8 Å². The van der Waals surface area contributed by atoms with Gasteiger partial charge in [0.25, 0.3) is 5.56 Å². The van der Waals surface area contributed by atoms with Crippen LogP contribution in [0.1, 0.15) is 11.1 Å². The highest BCUT2D eigenvalue weighted by molar-refractivity contribution is 5.75. The van der Waals surface area contributed by atoms with Crippen molar-refractivity contribution in [3.8, 4) is 17.2 Å². The number of rotatable bonds is 7. The summed E-state index contributed by atoms with van der Waals surface area (Å²) in [5.41, 5.74) is 2.36. The Hall–Kier alpha value is -3.35. The van der Waals surface area contributed by atoms with Gasteiger partial charge in [-0.3, -0.25) is 14.2 Å². The summed E-state index contributed by atoms with van der Waals surface area (Å²) in [7, 11) is 0. The van der Waals surface area contributed by atoms with Crippen LogP contribution in [0.5, 0.6) is 5.75 Å². The van der Waals surface area contributed by atoms with Crippen molar-refractivity contribution in [2.45, 2.75) is 20.4 Å². The number of amides is 1. The van der Waals surface area contributed by atoms with E-state index in [1.165, 1.54) is 23.2 Å². The van der Waals surface area contributed by atoms with Crippen LogP contribution in [0.25, 0.3) is 11.5 Å². The number of furan rings is 1. The molecule has 3 aromatic rings. The fourth-order valence-corrected chi connectivity index (χ4v) is 2.69. The summed E-state index contributed by atoms with van der Waals surface area (Å²) in [4.78, 5) is 28.3. The second kappa shape index (κ2) is 8.35. The molecule has 2 aromatic heterocycles. The molecule has 0 aliphatic heterocycles. The lowest BCUT2D eigenvalue weighted by molar-refractivity contribution is -0.121. The van der Waals surface area contributed by atoms with Crippen LogP contribution in [0.4, 0.5) is 0 Å². The maximum absolute atomic E-state index is 12.1. The van der Waals surface area contributed by atoms with Gasteiger partial charge in [-0.25, -0.2) is 4.98 Å². The quantitative estimate of drug-likeness (QED) is 0.648. The normalized spacial score (nSPS) is 10.6. The summed E-state index contributed by atoms with van der Waals surface area (Å²) in [6.07, 6.45) is 2.85. The van der Waals surface area contributed by atoms with Gasteiger partial charge in [0.15, 0.2) is 5.76 Å². The highest BCUT2D eigenvalue weighted by atomic mass is 16.5. The lowest BCUT2D eigenvalue weighted by Crippen LogP contribution is -2.34. The first kappa shape index (κ1) is 18.4. The smallest absolute Gasteiger partial charge is 0.254 e. The molecule has 0 bridgehead atoms. The summed E-state index contributed by atoms with van der Waals surface area (Å²) in [5, 5.41) is 2.73. The van der Waals surface area contributed by atoms with Gasteiger partial charge < -0.3 is 14.5 Å². The number of hydrogen-bond acceptors (Lipinski definition) is 5. The maximum Gasteiger partial charge on any atom is 0.254 e. The fourth-order valence-electron chi connectivity index (χ4n) is 2.69. The van der Waals surface area contributed by atoms with Crippen LogP contribution >= 0.6 is 0 Å². The molecule has 0 aliphatic rings. The molecule has 3 rings (SSSR count). The molecule has 1 amide bonds. The van der Waals surface area contributed by atoms with E-state index in [1.54, 1.807) is 12.1 Å². The van der Waals surface area contributed by atoms with E-state index in [9.17, 15) is 9.59 Å². The van der Waals surface area contributed by atoms with Crippen molar-refractivity contribution in [3.05, 3.63) is 70.5 Å². The zero-order valence-electron chi connectivity index (χ0n) is 15.3. The predicted molar refractivity (Wildman–Crippen MR) is 101 cm³/mol. The van der Waals surface area contributed by atoms with E-state index in [0.29, 0.717) is 24.6 Å². The molecule has 0 saturated carbocycles. The van der Waals surface area contributed by atoms with Gasteiger partial charge in [0, 0.05) is 6.07 Å². The lowest BCUT2D eigenvalue weighted by Gasteiger charge is -2.10. The van der Waals surface area contributed by atoms with Gasteiger partial charge in [-0.15, -0.1) is 0 Å². The van der Waals surface area contributed by atoms with Crippen molar-refractivity contribution >= 4 is 5.91 Å². The molecule has 2 heterocycles. The van der Waals surface area contributed by atoms with Crippen molar-refractivity contribution in [3.63, 3.8) is 0 Å². The Balaban J connectivity index is 1.48. The van der Waals surface area contributed by atoms with Gasteiger partial charge in [-0.1, -0.05) is 6.07 Å². The maximum atomic E-state index is 12.1. The molecular weight excluding hydrogens is 346 g/mol. The topological polar surface area (TPSA) is 86.4 Å². The number of carbonyl (C=O) groups is 1. The van der Waals surface area contributed by atoms with Crippen molar-refractivity contribution in [1.82, 2.24) is 14.9 Å². The number of carbonyl (C=O) groups excluding carboxylic acids is 1. The van der Waals surface area contributed by atoms with E-state index in [2.05, 4.69) is 16.4 Å². The number of aryl methyl sites for hydroxylation is 2. The molecule has 140 valence electrons. The SMILES string of the molecule is Cc1cc(C)cc(OCCNC(=O)Cn2cnc(-c3ccco3)cc2=O)c1. The van der Waals surface area contributed by atoms with E-state index >= 15 is 0 Å². The van der Waals surface area contributed by atoms with Gasteiger partial charge in [0.1, 0.15) is 24.6 Å². The molecule has 1 aromatic carbocycles. The number of aromatic nitrogens is 2. The number of benzene rings is 1. The van der Waals surface area contributed by atoms with Crippen LogP contribution in [-0.2, 0) is 11.3 Å². The summed E-state index contributed by atoms with van der Waals surface area (Å²) in [5.74, 6) is 0.997. The first-order valence-electron chi connectivity index (χ1n) is 8.59. The summed E-state index contributed by atoms with van der Waals surface area (Å²) in [6, 6.07) is 10.7. The minimum Gasteiger partial charge on any atom is -0.492 e. The largest absolute Gasteiger partial charge is 0.492 e. The number of nitrogens with zero attached hydrogens (tertiary/aromatic N) is 2. The first-order valence-corrected chi connectivity index (χ1v) is 8.59. The Morgan fingerprint density at radius 1 is 1.22 bits per heavy atom. The highest BCUT2D eigenvalue weighted by Crippen LogP contribution is 2.16. The van der Waals surface area contributed by atoms with E-state index in [4.69, 9.17) is 9.15 Å². The van der Waals surface area contributed by atoms with Gasteiger partial charge in [0.2, 0.25) is 5.91 Å². The van der Waals surface area contributed by atoms with Crippen molar-refractivity contribution in [2.75, 3.05) is 13.2 Å². The van der Waals surface area contributed by atoms with Gasteiger partial charge in [0.05, 0.1) is 19.1 Å². The van der Waals surface area contributed by atoms with Crippen molar-refractivity contribution < 1.29 is 13.9 Å². The summed E-state index contributed by atoms with van der Waals surface area (Å²) < 4.78 is 12.1. The third kappa shape index (κ3) is 5.07. The van der Waals surface area contributed by atoms with Gasteiger partial charge in [-0.05, 0) is 49.2 Å². The Morgan fingerprint density at radius 3 is 2.67 bits per heavy atom. The van der Waals surface area contributed by atoms with Crippen LogP contribution in [0.15, 0.2) is 58.2 Å². The minimum atomic E-state index is -0.321. The zero-order chi connectivity index (χ0) is 19.2. The Bertz CT molecular complexity index is 957. The molecule has 0 spiro atoms. The molecule has 0 fully saturated rings. The molecule has 1 N–H and O–H groups in total. The van der Waals surface area contributed by atoms with E-state index in [0.717, 1.165) is 16.9 Å². The average molecular weight is 367 g/mol. The lowest BCUT2D eigenvalue weighted by atomic mass is 10.1. The predicted octanol–water partition coefficient (Wildman–Crippen LogP) is 2.32. The molecule has 27 heavy (non-hydrogen) atoms. The summed E-state index contributed by atoms with van der Waals surface area (Å²) >= 11 is 0. The molecular formula is C20H21N3O4. The number of nitrogens with one attached hydrogen (secondary N) is 1. The molecule has 7 heteroatoms. The Labute approximate surface area is 156 Å².